The second-order valence-electron chi connectivity index (χ2n) is 5.84. The summed E-state index contributed by atoms with van der Waals surface area (Å²) in [6.07, 6.45) is 0.248. The fraction of sp³-hybridized carbons (Fsp3) is 0.111. The Morgan fingerprint density at radius 1 is 1.11 bits per heavy atom. The third kappa shape index (κ3) is 4.00. The lowest BCUT2D eigenvalue weighted by Gasteiger charge is -2.04. The molecule has 0 spiro atoms. The molecule has 0 unspecified atom stereocenters. The van der Waals surface area contributed by atoms with Gasteiger partial charge in [0.2, 0.25) is 16.9 Å². The maximum atomic E-state index is 13.8. The molecule has 0 bridgehead atoms. The van der Waals surface area contributed by atoms with Gasteiger partial charge in [0.05, 0.1) is 5.75 Å². The van der Waals surface area contributed by atoms with Crippen LogP contribution in [0.15, 0.2) is 58.2 Å². The molecule has 142 valence electrons. The lowest BCUT2D eigenvalue weighted by Crippen LogP contribution is -2.14. The van der Waals surface area contributed by atoms with Gasteiger partial charge in [-0.2, -0.15) is 4.98 Å². The van der Waals surface area contributed by atoms with Crippen LogP contribution in [0.4, 0.5) is 4.39 Å². The van der Waals surface area contributed by atoms with Gasteiger partial charge in [-0.15, -0.1) is 10.2 Å². The van der Waals surface area contributed by atoms with E-state index in [0.717, 1.165) is 5.56 Å². The van der Waals surface area contributed by atoms with Crippen molar-refractivity contribution in [2.45, 2.75) is 17.3 Å². The number of nitrogen functional groups attached to an aromatic ring is 1. The zero-order valence-electron chi connectivity index (χ0n) is 14.4. The minimum Gasteiger partial charge on any atom is -0.338 e. The number of rotatable bonds is 6. The Morgan fingerprint density at radius 2 is 1.89 bits per heavy atom. The Bertz CT molecular complexity index is 1100. The van der Waals surface area contributed by atoms with Gasteiger partial charge in [-0.05, 0) is 35.9 Å². The van der Waals surface area contributed by atoms with Crippen LogP contribution in [0, 0.1) is 5.82 Å². The van der Waals surface area contributed by atoms with E-state index >= 15 is 0 Å². The highest BCUT2D eigenvalue weighted by molar-refractivity contribution is 7.98. The average Bonchev–Trinajstić information content (AvgIpc) is 3.30. The van der Waals surface area contributed by atoms with Crippen LogP contribution in [-0.4, -0.2) is 25.0 Å². The third-order valence-electron chi connectivity index (χ3n) is 3.94. The molecular formula is C18H14ClFN6OS. The fourth-order valence-electron chi connectivity index (χ4n) is 2.49. The molecule has 0 saturated carbocycles. The van der Waals surface area contributed by atoms with E-state index in [1.54, 1.807) is 30.3 Å². The number of nitrogens with two attached hydrogens (primary N) is 1. The van der Waals surface area contributed by atoms with E-state index in [4.69, 9.17) is 22.0 Å². The summed E-state index contributed by atoms with van der Waals surface area (Å²) in [6, 6.07) is 13.6. The van der Waals surface area contributed by atoms with Crippen LogP contribution >= 0.6 is 23.4 Å². The Labute approximate surface area is 168 Å². The number of halogens is 2. The monoisotopic (exact) mass is 416 g/mol. The molecule has 0 radical (unpaired) electrons. The van der Waals surface area contributed by atoms with E-state index in [0.29, 0.717) is 39.0 Å². The van der Waals surface area contributed by atoms with Crippen LogP contribution < -0.4 is 5.84 Å². The van der Waals surface area contributed by atoms with Crippen molar-refractivity contribution in [1.82, 2.24) is 25.0 Å². The molecule has 2 aromatic heterocycles. The summed E-state index contributed by atoms with van der Waals surface area (Å²) in [5.74, 6) is 7.47. The van der Waals surface area contributed by atoms with Gasteiger partial charge in [-0.1, -0.05) is 46.7 Å². The van der Waals surface area contributed by atoms with Gasteiger partial charge < -0.3 is 10.4 Å². The second kappa shape index (κ2) is 7.99. The lowest BCUT2D eigenvalue weighted by atomic mass is 10.1. The molecule has 2 heterocycles. The van der Waals surface area contributed by atoms with Crippen molar-refractivity contribution < 1.29 is 8.91 Å². The van der Waals surface area contributed by atoms with Gasteiger partial charge in [0.15, 0.2) is 5.82 Å². The first kappa shape index (κ1) is 18.5. The Hall–Kier alpha value is -2.91. The Morgan fingerprint density at radius 3 is 2.68 bits per heavy atom. The molecule has 0 fully saturated rings. The minimum atomic E-state index is -0.305. The number of aromatic nitrogens is 5. The summed E-state index contributed by atoms with van der Waals surface area (Å²) < 4.78 is 20.4. The standard InChI is InChI=1S/C18H14ClFN6OS/c19-13-7-5-11(6-8-13)17-22-16(27-25-17)10-28-18-24-23-15(26(18)21)9-12-3-1-2-4-14(12)20/h1-8H,9-10,21H2. The molecule has 7 nitrogen and oxygen atoms in total. The molecule has 0 atom stereocenters. The van der Waals surface area contributed by atoms with E-state index in [1.165, 1.54) is 22.5 Å². The fourth-order valence-corrected chi connectivity index (χ4v) is 3.33. The van der Waals surface area contributed by atoms with Crippen LogP contribution in [-0.2, 0) is 12.2 Å². The lowest BCUT2D eigenvalue weighted by molar-refractivity contribution is 0.391. The topological polar surface area (TPSA) is 95.7 Å². The Balaban J connectivity index is 1.42. The smallest absolute Gasteiger partial charge is 0.237 e. The number of hydrogen-bond acceptors (Lipinski definition) is 7. The van der Waals surface area contributed by atoms with Crippen LogP contribution in [0.5, 0.6) is 0 Å². The van der Waals surface area contributed by atoms with E-state index in [-0.39, 0.29) is 12.2 Å². The SMILES string of the molecule is Nn1c(Cc2ccccc2F)nnc1SCc1nc(-c2ccc(Cl)cc2)no1. The molecule has 4 aromatic rings. The summed E-state index contributed by atoms with van der Waals surface area (Å²) in [5, 5.41) is 13.2. The number of nitrogens with zero attached hydrogens (tertiary/aromatic N) is 5. The first-order valence-electron chi connectivity index (χ1n) is 8.24. The van der Waals surface area contributed by atoms with Crippen LogP contribution in [0.25, 0.3) is 11.4 Å². The largest absolute Gasteiger partial charge is 0.338 e. The molecule has 10 heteroatoms. The van der Waals surface area contributed by atoms with Crippen LogP contribution in [0.1, 0.15) is 17.3 Å². The van der Waals surface area contributed by atoms with E-state index in [2.05, 4.69) is 20.3 Å². The van der Waals surface area contributed by atoms with Gasteiger partial charge in [-0.25, -0.2) is 9.07 Å². The second-order valence-corrected chi connectivity index (χ2v) is 7.22. The van der Waals surface area contributed by atoms with Gasteiger partial charge in [0, 0.05) is 17.0 Å². The predicted octanol–water partition coefficient (Wildman–Crippen LogP) is 3.72. The molecule has 0 aliphatic carbocycles. The summed E-state index contributed by atoms with van der Waals surface area (Å²) >= 11 is 7.18. The van der Waals surface area contributed by atoms with Crippen molar-refractivity contribution in [2.75, 3.05) is 5.84 Å². The maximum Gasteiger partial charge on any atom is 0.237 e. The van der Waals surface area contributed by atoms with Crippen molar-refractivity contribution in [3.63, 3.8) is 0 Å². The molecule has 0 amide bonds. The molecule has 2 aromatic carbocycles. The van der Waals surface area contributed by atoms with Gasteiger partial charge >= 0.3 is 0 Å². The zero-order chi connectivity index (χ0) is 19.5. The maximum absolute atomic E-state index is 13.8. The predicted molar refractivity (Wildman–Crippen MR) is 104 cm³/mol. The van der Waals surface area contributed by atoms with Gasteiger partial charge in [0.25, 0.3) is 0 Å². The summed E-state index contributed by atoms with van der Waals surface area (Å²) in [6.45, 7) is 0. The Kier molecular flexibility index (Phi) is 5.27. The average molecular weight is 417 g/mol. The van der Waals surface area contributed by atoms with Crippen molar-refractivity contribution in [3.8, 4) is 11.4 Å². The normalized spacial score (nSPS) is 11.1. The molecule has 0 saturated heterocycles. The van der Waals surface area contributed by atoms with E-state index < -0.39 is 0 Å². The van der Waals surface area contributed by atoms with Crippen LogP contribution in [0.3, 0.4) is 0 Å². The summed E-state index contributed by atoms with van der Waals surface area (Å²) in [4.78, 5) is 4.35. The molecule has 0 aliphatic heterocycles. The molecule has 0 aliphatic rings. The minimum absolute atomic E-state index is 0.248. The van der Waals surface area contributed by atoms with E-state index in [9.17, 15) is 4.39 Å². The third-order valence-corrected chi connectivity index (χ3v) is 5.12. The summed E-state index contributed by atoms with van der Waals surface area (Å²) in [5.41, 5.74) is 1.31. The molecule has 4 rings (SSSR count). The van der Waals surface area contributed by atoms with Crippen molar-refractivity contribution in [1.29, 1.82) is 0 Å². The highest BCUT2D eigenvalue weighted by Crippen LogP contribution is 2.23. The van der Waals surface area contributed by atoms with Crippen molar-refractivity contribution in [2.24, 2.45) is 0 Å². The number of hydrogen-bond donors (Lipinski definition) is 1. The van der Waals surface area contributed by atoms with Crippen molar-refractivity contribution >= 4 is 23.4 Å². The first-order chi connectivity index (χ1) is 13.6. The molecule has 28 heavy (non-hydrogen) atoms. The number of thioether (sulfide) groups is 1. The summed E-state index contributed by atoms with van der Waals surface area (Å²) in [7, 11) is 0. The first-order valence-corrected chi connectivity index (χ1v) is 9.60. The van der Waals surface area contributed by atoms with Gasteiger partial charge in [0.1, 0.15) is 5.82 Å². The number of benzene rings is 2. The van der Waals surface area contributed by atoms with Crippen LogP contribution in [0.2, 0.25) is 5.02 Å². The molecular weight excluding hydrogens is 403 g/mol. The quantitative estimate of drug-likeness (QED) is 0.378. The highest BCUT2D eigenvalue weighted by atomic mass is 35.5. The van der Waals surface area contributed by atoms with Crippen molar-refractivity contribution in [3.05, 3.63) is 76.6 Å². The molecule has 2 N–H and O–H groups in total. The zero-order valence-corrected chi connectivity index (χ0v) is 16.0. The van der Waals surface area contributed by atoms with Gasteiger partial charge in [-0.3, -0.25) is 0 Å². The van der Waals surface area contributed by atoms with E-state index in [1.807, 2.05) is 12.1 Å². The highest BCUT2D eigenvalue weighted by Gasteiger charge is 2.15.